The molecule has 0 fully saturated rings. The topological polar surface area (TPSA) is 104 Å². The van der Waals surface area contributed by atoms with Crippen LogP contribution in [0.2, 0.25) is 0 Å². The number of carbonyl (C=O) groups excluding carboxylic acids is 1. The van der Waals surface area contributed by atoms with Crippen LogP contribution in [-0.2, 0) is 9.53 Å². The Kier molecular flexibility index (Phi) is 4.85. The van der Waals surface area contributed by atoms with Crippen molar-refractivity contribution in [1.29, 1.82) is 0 Å². The number of nitro benzene ring substituents is 1. The second kappa shape index (κ2) is 6.82. The van der Waals surface area contributed by atoms with Gasteiger partial charge < -0.3 is 4.74 Å². The summed E-state index contributed by atoms with van der Waals surface area (Å²) >= 11 is 0. The van der Waals surface area contributed by atoms with Crippen molar-refractivity contribution in [2.24, 2.45) is 0 Å². The molecule has 1 aromatic carbocycles. The number of hydrogen-bond acceptors (Lipinski definition) is 6. The second-order valence-electron chi connectivity index (χ2n) is 4.76. The van der Waals surface area contributed by atoms with Gasteiger partial charge in [-0.3, -0.25) is 14.9 Å². The highest BCUT2D eigenvalue weighted by Crippen LogP contribution is 2.22. The Bertz CT molecular complexity index is 800. The first-order valence-electron chi connectivity index (χ1n) is 6.90. The van der Waals surface area contributed by atoms with Crippen LogP contribution in [0.15, 0.2) is 41.2 Å². The number of esters is 1. The Morgan fingerprint density at radius 1 is 1.39 bits per heavy atom. The number of ether oxygens (including phenoxy) is 1. The van der Waals surface area contributed by atoms with Gasteiger partial charge >= 0.3 is 5.97 Å². The molecule has 8 heteroatoms. The minimum Gasteiger partial charge on any atom is -0.467 e. The summed E-state index contributed by atoms with van der Waals surface area (Å²) in [4.78, 5) is 34.1. The van der Waals surface area contributed by atoms with Crippen molar-refractivity contribution in [3.05, 3.63) is 56.9 Å². The van der Waals surface area contributed by atoms with Gasteiger partial charge in [0, 0.05) is 23.8 Å². The van der Waals surface area contributed by atoms with Crippen molar-refractivity contribution in [1.82, 2.24) is 9.78 Å². The molecule has 1 heterocycles. The number of carbonyl (C=O) groups is 1. The minimum atomic E-state index is -0.842. The third kappa shape index (κ3) is 3.42. The lowest BCUT2D eigenvalue weighted by Gasteiger charge is -2.15. The number of aromatic nitrogens is 2. The molecule has 23 heavy (non-hydrogen) atoms. The molecule has 0 aliphatic heterocycles. The molecule has 0 aliphatic rings. The molecule has 1 atom stereocenters. The van der Waals surface area contributed by atoms with Crippen LogP contribution in [-0.4, -0.2) is 27.8 Å². The van der Waals surface area contributed by atoms with E-state index in [0.717, 1.165) is 4.68 Å². The van der Waals surface area contributed by atoms with E-state index >= 15 is 0 Å². The van der Waals surface area contributed by atoms with E-state index in [0.29, 0.717) is 17.7 Å². The van der Waals surface area contributed by atoms with E-state index in [-0.39, 0.29) is 5.69 Å². The Hall–Kier alpha value is -3.03. The van der Waals surface area contributed by atoms with Crippen LogP contribution in [0.25, 0.3) is 11.3 Å². The molecule has 0 saturated carbocycles. The molecule has 0 radical (unpaired) electrons. The van der Waals surface area contributed by atoms with Crippen molar-refractivity contribution >= 4 is 11.7 Å². The number of nitrogens with zero attached hydrogens (tertiary/aromatic N) is 3. The van der Waals surface area contributed by atoms with Crippen molar-refractivity contribution in [3.63, 3.8) is 0 Å². The zero-order valence-electron chi connectivity index (χ0n) is 12.6. The van der Waals surface area contributed by atoms with E-state index in [1.165, 1.54) is 37.4 Å². The smallest absolute Gasteiger partial charge is 0.330 e. The largest absolute Gasteiger partial charge is 0.467 e. The number of hydrogen-bond donors (Lipinski definition) is 0. The van der Waals surface area contributed by atoms with Crippen LogP contribution in [0, 0.1) is 10.1 Å². The standard InChI is InChI=1S/C15H15N3O5/c1-3-13(15(20)23-2)17-14(19)8-7-12(16-17)10-5-4-6-11(9-10)18(21)22/h4-9,13H,3H2,1-2H3/t13-/m0/s1. The molecule has 0 saturated heterocycles. The number of nitro groups is 1. The first kappa shape index (κ1) is 16.3. The summed E-state index contributed by atoms with van der Waals surface area (Å²) in [7, 11) is 1.24. The first-order valence-corrected chi connectivity index (χ1v) is 6.90. The highest BCUT2D eigenvalue weighted by molar-refractivity contribution is 5.74. The van der Waals surface area contributed by atoms with E-state index < -0.39 is 22.5 Å². The molecular weight excluding hydrogens is 302 g/mol. The Balaban J connectivity index is 2.52. The fourth-order valence-electron chi connectivity index (χ4n) is 2.16. The maximum Gasteiger partial charge on any atom is 0.330 e. The van der Waals surface area contributed by atoms with E-state index in [4.69, 9.17) is 0 Å². The molecule has 0 aliphatic carbocycles. The molecule has 0 amide bonds. The summed E-state index contributed by atoms with van der Waals surface area (Å²) in [5, 5.41) is 15.0. The number of non-ortho nitro benzene ring substituents is 1. The molecule has 120 valence electrons. The van der Waals surface area contributed by atoms with Crippen LogP contribution in [0.3, 0.4) is 0 Å². The van der Waals surface area contributed by atoms with Crippen molar-refractivity contribution in [2.75, 3.05) is 7.11 Å². The molecule has 2 rings (SSSR count). The maximum atomic E-state index is 12.0. The van der Waals surface area contributed by atoms with Gasteiger partial charge in [-0.25, -0.2) is 9.48 Å². The third-order valence-electron chi connectivity index (χ3n) is 3.33. The van der Waals surface area contributed by atoms with Gasteiger partial charge in [-0.1, -0.05) is 19.1 Å². The van der Waals surface area contributed by atoms with Crippen LogP contribution in [0.4, 0.5) is 5.69 Å². The first-order chi connectivity index (χ1) is 11.0. The molecule has 8 nitrogen and oxygen atoms in total. The van der Waals surface area contributed by atoms with Crippen molar-refractivity contribution < 1.29 is 14.5 Å². The predicted molar refractivity (Wildman–Crippen MR) is 81.9 cm³/mol. The summed E-state index contributed by atoms with van der Waals surface area (Å²) in [6, 6.07) is 7.78. The lowest BCUT2D eigenvalue weighted by molar-refractivity contribution is -0.384. The van der Waals surface area contributed by atoms with E-state index in [2.05, 4.69) is 9.84 Å². The number of benzene rings is 1. The minimum absolute atomic E-state index is 0.0814. The van der Waals surface area contributed by atoms with Gasteiger partial charge in [-0.05, 0) is 12.5 Å². The van der Waals surface area contributed by atoms with Gasteiger partial charge in [-0.2, -0.15) is 5.10 Å². The molecule has 2 aromatic rings. The average Bonchev–Trinajstić information content (AvgIpc) is 2.57. The van der Waals surface area contributed by atoms with E-state index in [1.54, 1.807) is 13.0 Å². The molecular formula is C15H15N3O5. The van der Waals surface area contributed by atoms with Gasteiger partial charge in [0.2, 0.25) is 0 Å². The molecule has 1 aromatic heterocycles. The zero-order valence-corrected chi connectivity index (χ0v) is 12.6. The summed E-state index contributed by atoms with van der Waals surface area (Å²) in [6.45, 7) is 1.73. The van der Waals surface area contributed by atoms with Crippen LogP contribution in [0.5, 0.6) is 0 Å². The van der Waals surface area contributed by atoms with Crippen molar-refractivity contribution in [3.8, 4) is 11.3 Å². The summed E-state index contributed by atoms with van der Waals surface area (Å²) < 4.78 is 5.72. The summed E-state index contributed by atoms with van der Waals surface area (Å²) in [5.41, 5.74) is 0.307. The fourth-order valence-corrected chi connectivity index (χ4v) is 2.16. The fraction of sp³-hybridized carbons (Fsp3) is 0.267. The van der Waals surface area contributed by atoms with E-state index in [9.17, 15) is 19.7 Å². The second-order valence-corrected chi connectivity index (χ2v) is 4.76. The monoisotopic (exact) mass is 317 g/mol. The summed E-state index contributed by atoms with van der Waals surface area (Å²) in [5.74, 6) is -0.571. The number of rotatable bonds is 5. The molecule has 0 spiro atoms. The van der Waals surface area contributed by atoms with Crippen LogP contribution in [0.1, 0.15) is 19.4 Å². The average molecular weight is 317 g/mol. The Morgan fingerprint density at radius 2 is 2.13 bits per heavy atom. The number of methoxy groups -OCH3 is 1. The van der Waals surface area contributed by atoms with Gasteiger partial charge in [0.15, 0.2) is 6.04 Å². The van der Waals surface area contributed by atoms with Gasteiger partial charge in [0.1, 0.15) is 0 Å². The van der Waals surface area contributed by atoms with Gasteiger partial charge in [-0.15, -0.1) is 0 Å². The highest BCUT2D eigenvalue weighted by atomic mass is 16.6. The van der Waals surface area contributed by atoms with Crippen molar-refractivity contribution in [2.45, 2.75) is 19.4 Å². The quantitative estimate of drug-likeness (QED) is 0.474. The molecule has 0 N–H and O–H groups in total. The van der Waals surface area contributed by atoms with Crippen LogP contribution >= 0.6 is 0 Å². The Morgan fingerprint density at radius 3 is 2.74 bits per heavy atom. The van der Waals surface area contributed by atoms with Gasteiger partial charge in [0.25, 0.3) is 11.2 Å². The summed E-state index contributed by atoms with van der Waals surface area (Å²) in [6.07, 6.45) is 0.331. The molecule has 0 unspecified atom stereocenters. The zero-order chi connectivity index (χ0) is 17.0. The van der Waals surface area contributed by atoms with Crippen LogP contribution < -0.4 is 5.56 Å². The molecule has 0 bridgehead atoms. The highest BCUT2D eigenvalue weighted by Gasteiger charge is 2.22. The lowest BCUT2D eigenvalue weighted by atomic mass is 10.1. The normalized spacial score (nSPS) is 11.7. The van der Waals surface area contributed by atoms with E-state index in [1.807, 2.05) is 0 Å². The third-order valence-corrected chi connectivity index (χ3v) is 3.33. The van der Waals surface area contributed by atoms with Gasteiger partial charge in [0.05, 0.1) is 17.7 Å². The predicted octanol–water partition coefficient (Wildman–Crippen LogP) is 1.94. The lowest BCUT2D eigenvalue weighted by Crippen LogP contribution is -2.32. The Labute approximate surface area is 131 Å². The SMILES string of the molecule is CC[C@@H](C(=O)OC)n1nc(-c2cccc([N+](=O)[O-])c2)ccc1=O. The maximum absolute atomic E-state index is 12.0.